The number of hydrogen-bond acceptors (Lipinski definition) is 4. The lowest BCUT2D eigenvalue weighted by Gasteiger charge is -2.04. The molecule has 0 aliphatic heterocycles. The number of fused-ring (bicyclic) bond motifs is 1. The van der Waals surface area contributed by atoms with Crippen molar-refractivity contribution in [1.82, 2.24) is 0 Å². The van der Waals surface area contributed by atoms with E-state index in [1.54, 1.807) is 36.0 Å². The van der Waals surface area contributed by atoms with Gasteiger partial charge in [-0.15, -0.1) is 11.8 Å². The molecule has 3 N–H and O–H groups in total. The van der Waals surface area contributed by atoms with Crippen molar-refractivity contribution in [2.24, 2.45) is 0 Å². The van der Waals surface area contributed by atoms with Crippen LogP contribution in [0.15, 0.2) is 57.8 Å². The Bertz CT molecular complexity index is 811. The molecule has 0 bridgehead atoms. The quantitative estimate of drug-likeness (QED) is 0.566. The van der Waals surface area contributed by atoms with Gasteiger partial charge in [0.2, 0.25) is 0 Å². The fourth-order valence-electron chi connectivity index (χ4n) is 2.07. The molecule has 0 radical (unpaired) electrons. The highest BCUT2D eigenvalue weighted by Crippen LogP contribution is 2.23. The van der Waals surface area contributed by atoms with Crippen LogP contribution in [0.4, 0.5) is 11.4 Å². The summed E-state index contributed by atoms with van der Waals surface area (Å²) in [6.07, 6.45) is 1.99. The summed E-state index contributed by atoms with van der Waals surface area (Å²) in [4.78, 5) is 13.3. The van der Waals surface area contributed by atoms with Crippen LogP contribution in [0, 0.1) is 0 Å². The molecule has 21 heavy (non-hydrogen) atoms. The second-order valence-corrected chi connectivity index (χ2v) is 5.47. The van der Waals surface area contributed by atoms with Gasteiger partial charge in [-0.2, -0.15) is 0 Å². The number of anilines is 2. The van der Waals surface area contributed by atoms with Crippen molar-refractivity contribution >= 4 is 40.0 Å². The predicted octanol–water partition coefficient (Wildman–Crippen LogP) is 3.99. The lowest BCUT2D eigenvalue weighted by atomic mass is 10.2. The largest absolute Gasteiger partial charge is 0.451 e. The fourth-order valence-corrected chi connectivity index (χ4v) is 2.53. The normalized spacial score (nSPS) is 10.7. The topological polar surface area (TPSA) is 68.3 Å². The van der Waals surface area contributed by atoms with Crippen LogP contribution in [0.2, 0.25) is 0 Å². The Morgan fingerprint density at radius 1 is 1.19 bits per heavy atom. The van der Waals surface area contributed by atoms with Gasteiger partial charge in [-0.05, 0) is 48.7 Å². The Hall–Kier alpha value is -2.40. The number of thioether (sulfide) groups is 1. The third-order valence-electron chi connectivity index (χ3n) is 3.09. The SMILES string of the molecule is CSc1cccc(NC(=O)c2cc3cc(N)ccc3o2)c1. The van der Waals surface area contributed by atoms with Gasteiger partial charge in [-0.25, -0.2) is 0 Å². The van der Waals surface area contributed by atoms with E-state index in [1.165, 1.54) is 0 Å². The molecule has 0 saturated carbocycles. The highest BCUT2D eigenvalue weighted by Gasteiger charge is 2.12. The average molecular weight is 298 g/mol. The van der Waals surface area contributed by atoms with Crippen molar-refractivity contribution in [2.45, 2.75) is 4.90 Å². The van der Waals surface area contributed by atoms with E-state index in [0.717, 1.165) is 16.0 Å². The highest BCUT2D eigenvalue weighted by molar-refractivity contribution is 7.98. The third kappa shape index (κ3) is 2.87. The van der Waals surface area contributed by atoms with E-state index in [2.05, 4.69) is 5.32 Å². The van der Waals surface area contributed by atoms with Crippen molar-refractivity contribution in [3.05, 3.63) is 54.3 Å². The summed E-state index contributed by atoms with van der Waals surface area (Å²) in [6.45, 7) is 0. The van der Waals surface area contributed by atoms with Crippen LogP contribution in [0.25, 0.3) is 11.0 Å². The Morgan fingerprint density at radius 3 is 2.86 bits per heavy atom. The third-order valence-corrected chi connectivity index (χ3v) is 3.82. The van der Waals surface area contributed by atoms with Gasteiger partial charge in [0.1, 0.15) is 5.58 Å². The second-order valence-electron chi connectivity index (χ2n) is 4.59. The zero-order valence-corrected chi connectivity index (χ0v) is 12.2. The maximum absolute atomic E-state index is 12.2. The molecule has 1 amide bonds. The molecule has 0 aliphatic carbocycles. The van der Waals surface area contributed by atoms with Crippen LogP contribution in [0.3, 0.4) is 0 Å². The van der Waals surface area contributed by atoms with Crippen LogP contribution in [-0.2, 0) is 0 Å². The van der Waals surface area contributed by atoms with Gasteiger partial charge in [-0.1, -0.05) is 6.07 Å². The predicted molar refractivity (Wildman–Crippen MR) is 86.8 cm³/mol. The van der Waals surface area contributed by atoms with Gasteiger partial charge in [0.15, 0.2) is 5.76 Å². The average Bonchev–Trinajstić information content (AvgIpc) is 2.90. The molecular formula is C16H14N2O2S. The van der Waals surface area contributed by atoms with E-state index >= 15 is 0 Å². The summed E-state index contributed by atoms with van der Waals surface area (Å²) in [7, 11) is 0. The minimum atomic E-state index is -0.275. The first kappa shape index (κ1) is 13.6. The zero-order chi connectivity index (χ0) is 14.8. The van der Waals surface area contributed by atoms with Crippen LogP contribution < -0.4 is 11.1 Å². The lowest BCUT2D eigenvalue weighted by Crippen LogP contribution is -2.10. The number of hydrogen-bond donors (Lipinski definition) is 2. The number of nitrogens with one attached hydrogen (secondary N) is 1. The van der Waals surface area contributed by atoms with E-state index in [0.29, 0.717) is 11.3 Å². The summed E-state index contributed by atoms with van der Waals surface area (Å²) in [5, 5.41) is 3.65. The monoisotopic (exact) mass is 298 g/mol. The number of furan rings is 1. The van der Waals surface area contributed by atoms with Gasteiger partial charge in [0.05, 0.1) is 0 Å². The number of rotatable bonds is 3. The zero-order valence-electron chi connectivity index (χ0n) is 11.4. The van der Waals surface area contributed by atoms with Gasteiger partial charge < -0.3 is 15.5 Å². The van der Waals surface area contributed by atoms with E-state index in [-0.39, 0.29) is 11.7 Å². The summed E-state index contributed by atoms with van der Waals surface area (Å²) in [5.41, 5.74) is 7.75. The number of amides is 1. The molecule has 1 aromatic heterocycles. The molecule has 106 valence electrons. The lowest BCUT2D eigenvalue weighted by molar-refractivity contribution is 0.0998. The maximum Gasteiger partial charge on any atom is 0.291 e. The molecule has 1 heterocycles. The highest BCUT2D eigenvalue weighted by atomic mass is 32.2. The first-order valence-corrected chi connectivity index (χ1v) is 7.62. The molecule has 0 saturated heterocycles. The van der Waals surface area contributed by atoms with E-state index in [9.17, 15) is 4.79 Å². The standard InChI is InChI=1S/C16H14N2O2S/c1-21-13-4-2-3-12(9-13)18-16(19)15-8-10-7-11(17)5-6-14(10)20-15/h2-9H,17H2,1H3,(H,18,19). The van der Waals surface area contributed by atoms with Crippen molar-refractivity contribution < 1.29 is 9.21 Å². The number of carbonyl (C=O) groups is 1. The Labute approximate surface area is 126 Å². The van der Waals surface area contributed by atoms with E-state index in [1.807, 2.05) is 30.5 Å². The Balaban J connectivity index is 1.86. The first-order chi connectivity index (χ1) is 10.2. The molecular weight excluding hydrogens is 284 g/mol. The van der Waals surface area contributed by atoms with E-state index < -0.39 is 0 Å². The minimum absolute atomic E-state index is 0.269. The summed E-state index contributed by atoms with van der Waals surface area (Å²) in [5.74, 6) is -0.00632. The summed E-state index contributed by atoms with van der Waals surface area (Å²) >= 11 is 1.62. The first-order valence-electron chi connectivity index (χ1n) is 6.40. The van der Waals surface area contributed by atoms with Crippen molar-refractivity contribution in [3.8, 4) is 0 Å². The summed E-state index contributed by atoms with van der Waals surface area (Å²) in [6, 6.07) is 14.6. The molecule has 0 unspecified atom stereocenters. The second kappa shape index (κ2) is 5.54. The Kier molecular flexibility index (Phi) is 3.58. The van der Waals surface area contributed by atoms with Gasteiger partial charge in [0.25, 0.3) is 5.91 Å². The van der Waals surface area contributed by atoms with E-state index in [4.69, 9.17) is 10.2 Å². The number of benzene rings is 2. The molecule has 5 heteroatoms. The van der Waals surface area contributed by atoms with Gasteiger partial charge in [-0.3, -0.25) is 4.79 Å². The molecule has 3 aromatic rings. The van der Waals surface area contributed by atoms with Crippen molar-refractivity contribution in [2.75, 3.05) is 17.3 Å². The van der Waals surface area contributed by atoms with Crippen LogP contribution in [0.1, 0.15) is 10.6 Å². The minimum Gasteiger partial charge on any atom is -0.451 e. The number of nitrogens with two attached hydrogens (primary N) is 1. The van der Waals surface area contributed by atoms with Gasteiger partial charge in [0, 0.05) is 21.7 Å². The maximum atomic E-state index is 12.2. The molecule has 0 aliphatic rings. The van der Waals surface area contributed by atoms with Crippen molar-refractivity contribution in [1.29, 1.82) is 0 Å². The fraction of sp³-hybridized carbons (Fsp3) is 0.0625. The van der Waals surface area contributed by atoms with Gasteiger partial charge >= 0.3 is 0 Å². The van der Waals surface area contributed by atoms with Crippen LogP contribution in [0.5, 0.6) is 0 Å². The molecule has 0 fully saturated rings. The molecule has 0 atom stereocenters. The van der Waals surface area contributed by atoms with Crippen LogP contribution >= 0.6 is 11.8 Å². The molecule has 0 spiro atoms. The number of nitrogen functional groups attached to an aromatic ring is 1. The molecule has 2 aromatic carbocycles. The molecule has 3 rings (SSSR count). The van der Waals surface area contributed by atoms with Crippen LogP contribution in [-0.4, -0.2) is 12.2 Å². The molecule has 4 nitrogen and oxygen atoms in total. The smallest absolute Gasteiger partial charge is 0.291 e. The summed E-state index contributed by atoms with van der Waals surface area (Å²) < 4.78 is 5.54. The Morgan fingerprint density at radius 2 is 2.05 bits per heavy atom. The van der Waals surface area contributed by atoms with Crippen molar-refractivity contribution in [3.63, 3.8) is 0 Å². The number of carbonyl (C=O) groups excluding carboxylic acids is 1.